The molecule has 0 radical (unpaired) electrons. The standard InChI is InChI=1S/C58H88N8O10/c1-14-39(6)54(64(11)58(73)52(37(2)3)60-57(72)53(38(4)5)63(9)10)47(74-12)35-51(70)65-33-21-24-46(65)55(75-13)40(7)56(71)59-44(34-42-22-17-15-18-23-42)36-76-45-28-26-43(27-29-45)41(8)61-62-48(67)25-19-16-20-32-66-49(68)30-31-50(66)69/h15,17-18,22-23,26-31,37-40,44,46-47,52-55H,14,16,19-21,24-25,32-36H2,1-13H3,(H,59,71)(H,60,72)(H,62,67)/t39-,40+,44-,46-,47?,52-,53-,54-,55+/m0/s1. The number of hydrogen-bond acceptors (Lipinski definition) is 12. The maximum absolute atomic E-state index is 14.5. The highest BCUT2D eigenvalue weighted by Crippen LogP contribution is 2.30. The molecule has 7 amide bonds. The van der Waals surface area contributed by atoms with Crippen LogP contribution in [0.15, 0.2) is 71.9 Å². The third kappa shape index (κ3) is 17.8. The minimum absolute atomic E-state index is 0.00188. The van der Waals surface area contributed by atoms with Crippen LogP contribution in [0.5, 0.6) is 5.75 Å². The molecule has 4 rings (SSSR count). The average molecular weight is 1060 g/mol. The quantitative estimate of drug-likeness (QED) is 0.0358. The first-order valence-corrected chi connectivity index (χ1v) is 27.2. The Morgan fingerprint density at radius 3 is 2.05 bits per heavy atom. The molecule has 1 saturated heterocycles. The van der Waals surface area contributed by atoms with E-state index in [4.69, 9.17) is 14.2 Å². The molecule has 2 heterocycles. The number of ether oxygens (including phenoxy) is 3. The van der Waals surface area contributed by atoms with Crippen molar-refractivity contribution in [2.75, 3.05) is 55.1 Å². The number of amides is 7. The van der Waals surface area contributed by atoms with Gasteiger partial charge in [0.1, 0.15) is 18.4 Å². The number of nitrogens with one attached hydrogen (secondary N) is 3. The van der Waals surface area contributed by atoms with Gasteiger partial charge in [0.05, 0.1) is 54.4 Å². The molecule has 0 spiro atoms. The second kappa shape index (κ2) is 30.7. The van der Waals surface area contributed by atoms with Gasteiger partial charge in [-0.15, -0.1) is 0 Å². The summed E-state index contributed by atoms with van der Waals surface area (Å²) >= 11 is 0. The van der Waals surface area contributed by atoms with Gasteiger partial charge in [-0.2, -0.15) is 5.10 Å². The Hall–Kier alpha value is -5.98. The van der Waals surface area contributed by atoms with Crippen LogP contribution in [0.4, 0.5) is 0 Å². The summed E-state index contributed by atoms with van der Waals surface area (Å²) < 4.78 is 18.5. The molecule has 3 N–H and O–H groups in total. The number of imide groups is 1. The van der Waals surface area contributed by atoms with Crippen molar-refractivity contribution in [2.45, 2.75) is 156 Å². The predicted molar refractivity (Wildman–Crippen MR) is 294 cm³/mol. The molecule has 2 aliphatic heterocycles. The molecule has 18 heteroatoms. The molecule has 0 bridgehead atoms. The minimum atomic E-state index is -0.787. The number of nitrogens with zero attached hydrogens (tertiary/aromatic N) is 5. The largest absolute Gasteiger partial charge is 0.491 e. The minimum Gasteiger partial charge on any atom is -0.491 e. The highest BCUT2D eigenvalue weighted by molar-refractivity contribution is 6.12. The molecule has 0 aliphatic carbocycles. The zero-order valence-electron chi connectivity index (χ0n) is 47.5. The van der Waals surface area contributed by atoms with Gasteiger partial charge in [-0.05, 0) is 106 Å². The van der Waals surface area contributed by atoms with Gasteiger partial charge < -0.3 is 34.6 Å². The van der Waals surface area contributed by atoms with E-state index in [1.807, 2.05) is 127 Å². The molecule has 0 aromatic heterocycles. The number of likely N-dealkylation sites (tertiary alicyclic amines) is 1. The van der Waals surface area contributed by atoms with E-state index >= 15 is 0 Å². The highest BCUT2D eigenvalue weighted by Gasteiger charge is 2.43. The average Bonchev–Trinajstić information content (AvgIpc) is 4.01. The van der Waals surface area contributed by atoms with E-state index in [1.165, 1.54) is 17.1 Å². The van der Waals surface area contributed by atoms with E-state index in [0.717, 1.165) is 24.0 Å². The summed E-state index contributed by atoms with van der Waals surface area (Å²) in [6.07, 6.45) is 5.98. The van der Waals surface area contributed by atoms with Gasteiger partial charge in [0.25, 0.3) is 11.8 Å². The van der Waals surface area contributed by atoms with Crippen LogP contribution in [0.25, 0.3) is 0 Å². The Kier molecular flexibility index (Phi) is 25.3. The smallest absolute Gasteiger partial charge is 0.253 e. The number of carbonyl (C=O) groups is 7. The van der Waals surface area contributed by atoms with Crippen LogP contribution in [0.3, 0.4) is 0 Å². The van der Waals surface area contributed by atoms with Crippen LogP contribution in [0.2, 0.25) is 0 Å². The third-order valence-electron chi connectivity index (χ3n) is 14.9. The Labute approximate surface area is 452 Å². The summed E-state index contributed by atoms with van der Waals surface area (Å²) in [5, 5.41) is 10.6. The lowest BCUT2D eigenvalue weighted by Crippen LogP contribution is -2.59. The number of hydrazone groups is 1. The van der Waals surface area contributed by atoms with Gasteiger partial charge in [0, 0.05) is 52.9 Å². The number of unbranched alkanes of at least 4 members (excludes halogenated alkanes) is 2. The van der Waals surface area contributed by atoms with Crippen molar-refractivity contribution in [1.29, 1.82) is 0 Å². The second-order valence-corrected chi connectivity index (χ2v) is 21.4. The maximum Gasteiger partial charge on any atom is 0.253 e. The van der Waals surface area contributed by atoms with Crippen LogP contribution in [-0.2, 0) is 49.5 Å². The topological polar surface area (TPSA) is 209 Å². The molecule has 0 saturated carbocycles. The Morgan fingerprint density at radius 1 is 0.816 bits per heavy atom. The summed E-state index contributed by atoms with van der Waals surface area (Å²) in [6, 6.07) is 14.6. The van der Waals surface area contributed by atoms with Gasteiger partial charge in [-0.1, -0.05) is 91.6 Å². The molecular formula is C58H88N8O10. The van der Waals surface area contributed by atoms with Gasteiger partial charge in [-0.25, -0.2) is 5.43 Å². The van der Waals surface area contributed by atoms with Crippen molar-refractivity contribution in [3.8, 4) is 5.75 Å². The van der Waals surface area contributed by atoms with Crippen LogP contribution in [0.1, 0.15) is 118 Å². The first kappa shape index (κ1) is 62.6. The van der Waals surface area contributed by atoms with Crippen molar-refractivity contribution in [3.63, 3.8) is 0 Å². The van der Waals surface area contributed by atoms with Crippen LogP contribution in [-0.4, -0.2) is 164 Å². The number of hydrogen-bond donors (Lipinski definition) is 3. The Balaban J connectivity index is 1.39. The first-order valence-electron chi connectivity index (χ1n) is 27.2. The van der Waals surface area contributed by atoms with E-state index in [2.05, 4.69) is 21.2 Å². The summed E-state index contributed by atoms with van der Waals surface area (Å²) in [5.74, 6) is -2.00. The van der Waals surface area contributed by atoms with Gasteiger partial charge >= 0.3 is 0 Å². The summed E-state index contributed by atoms with van der Waals surface area (Å²) in [7, 11) is 8.57. The van der Waals surface area contributed by atoms with E-state index in [-0.39, 0.29) is 84.6 Å². The maximum atomic E-state index is 14.5. The summed E-state index contributed by atoms with van der Waals surface area (Å²) in [5.41, 5.74) is 5.00. The number of methoxy groups -OCH3 is 2. The number of carbonyl (C=O) groups excluding carboxylic acids is 7. The number of benzene rings is 2. The molecule has 1 unspecified atom stereocenters. The van der Waals surface area contributed by atoms with Crippen molar-refractivity contribution in [1.82, 2.24) is 35.7 Å². The molecular weight excluding hydrogens is 969 g/mol. The molecule has 76 heavy (non-hydrogen) atoms. The first-order chi connectivity index (χ1) is 36.1. The van der Waals surface area contributed by atoms with E-state index < -0.39 is 42.3 Å². The molecule has 2 aromatic carbocycles. The fourth-order valence-electron chi connectivity index (χ4n) is 10.4. The second-order valence-electron chi connectivity index (χ2n) is 21.4. The van der Waals surface area contributed by atoms with Gasteiger partial charge in [-0.3, -0.25) is 43.4 Å². The SMILES string of the molecule is CC[C@H](C)[C@@H](C(CC(=O)N1CCC[C@H]1[C@H](OC)[C@@H](C)C(=O)N[C@H](COc1ccc(C(C)=NNC(=O)CCCCCN2C(=O)C=CC2=O)cc1)Cc1ccccc1)OC)N(C)C(=O)[C@@H](NC(=O)[C@H](C(C)C)N(C)C)C(C)C. The summed E-state index contributed by atoms with van der Waals surface area (Å²) in [6.45, 7) is 16.5. The molecule has 420 valence electrons. The summed E-state index contributed by atoms with van der Waals surface area (Å²) in [4.78, 5) is 99.3. The van der Waals surface area contributed by atoms with Gasteiger partial charge in [0.2, 0.25) is 29.5 Å². The van der Waals surface area contributed by atoms with Gasteiger partial charge in [0.15, 0.2) is 0 Å². The van der Waals surface area contributed by atoms with E-state index in [9.17, 15) is 33.6 Å². The molecule has 18 nitrogen and oxygen atoms in total. The normalized spacial score (nSPS) is 18.1. The fourth-order valence-corrected chi connectivity index (χ4v) is 10.4. The zero-order chi connectivity index (χ0) is 56.2. The predicted octanol–water partition coefficient (Wildman–Crippen LogP) is 5.77. The monoisotopic (exact) mass is 1060 g/mol. The van der Waals surface area contributed by atoms with Crippen LogP contribution >= 0.6 is 0 Å². The lowest BCUT2D eigenvalue weighted by atomic mass is 9.89. The van der Waals surface area contributed by atoms with Crippen molar-refractivity contribution in [3.05, 3.63) is 77.9 Å². The molecule has 2 aliphatic rings. The lowest BCUT2D eigenvalue weighted by Gasteiger charge is -2.41. The Morgan fingerprint density at radius 2 is 1.47 bits per heavy atom. The van der Waals surface area contributed by atoms with Crippen molar-refractivity contribution in [2.24, 2.45) is 28.8 Å². The number of likely N-dealkylation sites (N-methyl/N-ethyl adjacent to an activating group) is 2. The highest BCUT2D eigenvalue weighted by atomic mass is 16.5. The molecule has 2 aromatic rings. The molecule has 1 fully saturated rings. The Bertz CT molecular complexity index is 2260. The molecule has 9 atom stereocenters. The van der Waals surface area contributed by atoms with E-state index in [1.54, 1.807) is 33.1 Å². The van der Waals surface area contributed by atoms with Crippen molar-refractivity contribution < 1.29 is 47.8 Å². The van der Waals surface area contributed by atoms with Crippen molar-refractivity contribution >= 4 is 47.1 Å². The van der Waals surface area contributed by atoms with Crippen LogP contribution in [0, 0.1) is 23.7 Å². The van der Waals surface area contributed by atoms with E-state index in [0.29, 0.717) is 56.7 Å². The lowest BCUT2D eigenvalue weighted by molar-refractivity contribution is -0.148. The van der Waals surface area contributed by atoms with Crippen LogP contribution < -0.4 is 20.8 Å². The zero-order valence-corrected chi connectivity index (χ0v) is 47.5. The third-order valence-corrected chi connectivity index (χ3v) is 14.9. The number of rotatable bonds is 31. The fraction of sp³-hybridized carbons (Fsp3) is 0.621.